The molecule has 1 N–H and O–H groups in total. The molecule has 1 saturated carbocycles. The van der Waals surface area contributed by atoms with Crippen molar-refractivity contribution in [3.63, 3.8) is 0 Å². The van der Waals surface area contributed by atoms with Gasteiger partial charge in [0.1, 0.15) is 0 Å². The number of benzene rings is 1. The van der Waals surface area contributed by atoms with Crippen molar-refractivity contribution in [2.45, 2.75) is 16.6 Å². The molecule has 1 aliphatic rings. The first-order chi connectivity index (χ1) is 7.05. The Labute approximate surface area is 93.6 Å². The fourth-order valence-corrected chi connectivity index (χ4v) is 3.68. The molecule has 0 heterocycles. The number of aliphatic hydroxyl groups is 1. The van der Waals surface area contributed by atoms with Gasteiger partial charge in [-0.15, -0.1) is 0 Å². The van der Waals surface area contributed by atoms with Crippen molar-refractivity contribution in [3.8, 4) is 0 Å². The average molecular weight is 247 g/mol. The molecule has 1 aromatic rings. The van der Waals surface area contributed by atoms with Gasteiger partial charge in [-0.25, -0.2) is 8.42 Å². The molecule has 1 fully saturated rings. The molecule has 0 spiro atoms. The first kappa shape index (κ1) is 10.9. The fourth-order valence-electron chi connectivity index (χ4n) is 1.59. The SMILES string of the molecule is O=S(=O)(c1ccc(Cl)cc1)[C@H]1C[C@@H]1CO. The van der Waals surface area contributed by atoms with Crippen LogP contribution in [0.5, 0.6) is 0 Å². The van der Waals surface area contributed by atoms with Crippen LogP contribution in [-0.4, -0.2) is 25.4 Å². The average Bonchev–Trinajstić information content (AvgIpc) is 2.98. The predicted octanol–water partition coefficient (Wildman–Crippen LogP) is 1.49. The van der Waals surface area contributed by atoms with Crippen molar-refractivity contribution in [3.05, 3.63) is 29.3 Å². The predicted molar refractivity (Wildman–Crippen MR) is 57.6 cm³/mol. The van der Waals surface area contributed by atoms with E-state index in [9.17, 15) is 8.42 Å². The van der Waals surface area contributed by atoms with E-state index in [1.54, 1.807) is 12.1 Å². The number of hydrogen-bond acceptors (Lipinski definition) is 3. The van der Waals surface area contributed by atoms with E-state index in [4.69, 9.17) is 16.7 Å². The second-order valence-electron chi connectivity index (χ2n) is 3.72. The lowest BCUT2D eigenvalue weighted by Gasteiger charge is -2.02. The Hall–Kier alpha value is -0.580. The highest BCUT2D eigenvalue weighted by Gasteiger charge is 2.47. The third-order valence-electron chi connectivity index (χ3n) is 2.63. The minimum absolute atomic E-state index is 0.0580. The van der Waals surface area contributed by atoms with Gasteiger partial charge in [-0.05, 0) is 30.7 Å². The Morgan fingerprint density at radius 3 is 2.40 bits per heavy atom. The monoisotopic (exact) mass is 246 g/mol. The topological polar surface area (TPSA) is 54.4 Å². The van der Waals surface area contributed by atoms with Crippen LogP contribution in [0.4, 0.5) is 0 Å². The van der Waals surface area contributed by atoms with Crippen LogP contribution >= 0.6 is 11.6 Å². The lowest BCUT2D eigenvalue weighted by atomic mass is 10.4. The Balaban J connectivity index is 2.27. The zero-order valence-corrected chi connectivity index (χ0v) is 9.50. The van der Waals surface area contributed by atoms with E-state index in [2.05, 4.69) is 0 Å². The van der Waals surface area contributed by atoms with Crippen molar-refractivity contribution in [1.82, 2.24) is 0 Å². The van der Waals surface area contributed by atoms with Crippen molar-refractivity contribution in [1.29, 1.82) is 0 Å². The summed E-state index contributed by atoms with van der Waals surface area (Å²) in [7, 11) is -3.26. The quantitative estimate of drug-likeness (QED) is 0.879. The van der Waals surface area contributed by atoms with Gasteiger partial charge in [-0.3, -0.25) is 0 Å². The van der Waals surface area contributed by atoms with Crippen LogP contribution in [-0.2, 0) is 9.84 Å². The van der Waals surface area contributed by atoms with E-state index < -0.39 is 15.1 Å². The molecule has 0 aromatic heterocycles. The van der Waals surface area contributed by atoms with Gasteiger partial charge in [0, 0.05) is 17.5 Å². The van der Waals surface area contributed by atoms with Crippen LogP contribution in [0.2, 0.25) is 5.02 Å². The van der Waals surface area contributed by atoms with Gasteiger partial charge >= 0.3 is 0 Å². The molecule has 82 valence electrons. The van der Waals surface area contributed by atoms with Gasteiger partial charge in [0.2, 0.25) is 0 Å². The number of halogens is 1. The number of rotatable bonds is 3. The first-order valence-electron chi connectivity index (χ1n) is 4.66. The maximum atomic E-state index is 11.9. The molecule has 0 amide bonds. The largest absolute Gasteiger partial charge is 0.396 e. The van der Waals surface area contributed by atoms with Crippen LogP contribution in [0.15, 0.2) is 29.2 Å². The number of aliphatic hydroxyl groups excluding tert-OH is 1. The Morgan fingerprint density at radius 2 is 1.93 bits per heavy atom. The minimum atomic E-state index is -3.26. The molecule has 0 saturated heterocycles. The third kappa shape index (κ3) is 2.02. The maximum absolute atomic E-state index is 11.9. The molecule has 0 radical (unpaired) electrons. The summed E-state index contributed by atoms with van der Waals surface area (Å²) in [6, 6.07) is 6.13. The first-order valence-corrected chi connectivity index (χ1v) is 6.58. The van der Waals surface area contributed by atoms with Crippen LogP contribution in [0.1, 0.15) is 6.42 Å². The van der Waals surface area contributed by atoms with Gasteiger partial charge in [-0.2, -0.15) is 0 Å². The summed E-state index contributed by atoms with van der Waals surface area (Å²) in [5.41, 5.74) is 0. The molecule has 2 rings (SSSR count). The van der Waals surface area contributed by atoms with Crippen molar-refractivity contribution in [2.75, 3.05) is 6.61 Å². The zero-order chi connectivity index (χ0) is 11.1. The van der Waals surface area contributed by atoms with Crippen molar-refractivity contribution in [2.24, 2.45) is 5.92 Å². The highest BCUT2D eigenvalue weighted by Crippen LogP contribution is 2.40. The molecule has 15 heavy (non-hydrogen) atoms. The summed E-state index contributed by atoms with van der Waals surface area (Å²) in [5, 5.41) is 8.95. The summed E-state index contributed by atoms with van der Waals surface area (Å²) >= 11 is 5.68. The summed E-state index contributed by atoms with van der Waals surface area (Å²) in [5.74, 6) is -0.0920. The third-order valence-corrected chi connectivity index (χ3v) is 5.19. The highest BCUT2D eigenvalue weighted by molar-refractivity contribution is 7.92. The van der Waals surface area contributed by atoms with Gasteiger partial charge < -0.3 is 5.11 Å². The lowest BCUT2D eigenvalue weighted by Crippen LogP contribution is -2.10. The normalized spacial score (nSPS) is 25.2. The van der Waals surface area contributed by atoms with E-state index in [1.807, 2.05) is 0 Å². The number of sulfone groups is 1. The minimum Gasteiger partial charge on any atom is -0.396 e. The zero-order valence-electron chi connectivity index (χ0n) is 7.93. The summed E-state index contributed by atoms with van der Waals surface area (Å²) in [4.78, 5) is 0.285. The highest BCUT2D eigenvalue weighted by atomic mass is 35.5. The molecule has 5 heteroatoms. The van der Waals surface area contributed by atoms with Gasteiger partial charge in [0.05, 0.1) is 10.1 Å². The van der Waals surface area contributed by atoms with Crippen LogP contribution in [0.3, 0.4) is 0 Å². The second-order valence-corrected chi connectivity index (χ2v) is 6.32. The Kier molecular flexibility index (Phi) is 2.75. The van der Waals surface area contributed by atoms with E-state index in [0.29, 0.717) is 11.4 Å². The molecule has 2 atom stereocenters. The number of hydrogen-bond donors (Lipinski definition) is 1. The van der Waals surface area contributed by atoms with Gasteiger partial charge in [0.25, 0.3) is 0 Å². The van der Waals surface area contributed by atoms with E-state index >= 15 is 0 Å². The molecule has 3 nitrogen and oxygen atoms in total. The smallest absolute Gasteiger partial charge is 0.181 e. The van der Waals surface area contributed by atoms with E-state index in [1.165, 1.54) is 12.1 Å². The van der Waals surface area contributed by atoms with Gasteiger partial charge in [0.15, 0.2) is 9.84 Å². The maximum Gasteiger partial charge on any atom is 0.181 e. The standard InChI is InChI=1S/C10H11ClO3S/c11-8-1-3-9(4-2-8)15(13,14)10-5-7(10)6-12/h1-4,7,10,12H,5-6H2/t7-,10+/m1/s1. The summed E-state index contributed by atoms with van der Waals surface area (Å²) in [6.45, 7) is -0.0580. The molecule has 1 aromatic carbocycles. The molecule has 0 aliphatic heterocycles. The Morgan fingerprint density at radius 1 is 1.33 bits per heavy atom. The van der Waals surface area contributed by atoms with Gasteiger partial charge in [-0.1, -0.05) is 11.6 Å². The molecule has 0 unspecified atom stereocenters. The lowest BCUT2D eigenvalue weighted by molar-refractivity contribution is 0.277. The van der Waals surface area contributed by atoms with E-state index in [0.717, 1.165) is 0 Å². The molecule has 0 bridgehead atoms. The Bertz CT molecular complexity index is 452. The van der Waals surface area contributed by atoms with Crippen molar-refractivity contribution >= 4 is 21.4 Å². The second kappa shape index (κ2) is 3.77. The van der Waals surface area contributed by atoms with Crippen LogP contribution in [0, 0.1) is 5.92 Å². The summed E-state index contributed by atoms with van der Waals surface area (Å²) in [6.07, 6.45) is 0.557. The van der Waals surface area contributed by atoms with Crippen molar-refractivity contribution < 1.29 is 13.5 Å². The molecular weight excluding hydrogens is 236 g/mol. The fraction of sp³-hybridized carbons (Fsp3) is 0.400. The van der Waals surface area contributed by atoms with E-state index in [-0.39, 0.29) is 17.4 Å². The van der Waals surface area contributed by atoms with Crippen LogP contribution < -0.4 is 0 Å². The summed E-state index contributed by atoms with van der Waals surface area (Å²) < 4.78 is 23.8. The van der Waals surface area contributed by atoms with Crippen LogP contribution in [0.25, 0.3) is 0 Å². The molecule has 1 aliphatic carbocycles. The molecular formula is C10H11ClO3S.